The Morgan fingerprint density at radius 1 is 1.14 bits per heavy atom. The summed E-state index contributed by atoms with van der Waals surface area (Å²) in [5.41, 5.74) is 6.17. The largest absolute Gasteiger partial charge is 0.365 e. The van der Waals surface area contributed by atoms with Crippen molar-refractivity contribution < 1.29 is 0 Å². The first kappa shape index (κ1) is 14.5. The van der Waals surface area contributed by atoms with Crippen molar-refractivity contribution in [2.45, 2.75) is 33.2 Å². The first-order chi connectivity index (χ1) is 10.4. The molecule has 0 atom stereocenters. The lowest BCUT2D eigenvalue weighted by atomic mass is 9.87. The van der Waals surface area contributed by atoms with Gasteiger partial charge in [0.2, 0.25) is 0 Å². The van der Waals surface area contributed by atoms with Crippen molar-refractivity contribution in [3.8, 4) is 0 Å². The van der Waals surface area contributed by atoms with Gasteiger partial charge < -0.3 is 4.90 Å². The molecule has 0 fully saturated rings. The fourth-order valence-electron chi connectivity index (χ4n) is 2.84. The first-order valence-electron chi connectivity index (χ1n) is 7.36. The third-order valence-electron chi connectivity index (χ3n) is 4.34. The van der Waals surface area contributed by atoms with E-state index in [1.807, 2.05) is 6.21 Å². The minimum atomic E-state index is 0.0294. The fourth-order valence-corrected chi connectivity index (χ4v) is 2.84. The summed E-state index contributed by atoms with van der Waals surface area (Å²) in [6.45, 7) is 8.75. The molecule has 0 aliphatic carbocycles. The maximum Gasteiger partial charge on any atom is 0.141 e. The summed E-state index contributed by atoms with van der Waals surface area (Å²) in [7, 11) is 2.14. The predicted octanol–water partition coefficient (Wildman–Crippen LogP) is 3.10. The Morgan fingerprint density at radius 3 is 2.50 bits per heavy atom. The summed E-state index contributed by atoms with van der Waals surface area (Å²) >= 11 is 0. The van der Waals surface area contributed by atoms with E-state index in [2.05, 4.69) is 73.2 Å². The van der Waals surface area contributed by atoms with Gasteiger partial charge in [0.1, 0.15) is 12.7 Å². The van der Waals surface area contributed by atoms with Crippen LogP contribution in [0.25, 0.3) is 5.57 Å². The second-order valence-electron chi connectivity index (χ2n) is 6.35. The second-order valence-corrected chi connectivity index (χ2v) is 6.35. The number of fused-ring (bicyclic) bond motifs is 1. The number of aryl methyl sites for hydroxylation is 1. The molecule has 0 radical (unpaired) electrons. The Bertz CT molecular complexity index is 754. The number of aromatic nitrogens is 3. The van der Waals surface area contributed by atoms with Crippen molar-refractivity contribution in [1.29, 1.82) is 0 Å². The Labute approximate surface area is 131 Å². The van der Waals surface area contributed by atoms with Gasteiger partial charge in [0.15, 0.2) is 0 Å². The molecule has 1 aliphatic rings. The molecule has 0 N–H and O–H groups in total. The fraction of sp³-hybridized carbons (Fsp3) is 0.353. The smallest absolute Gasteiger partial charge is 0.141 e. The number of nitrogens with zero attached hydrogens (tertiary/aromatic N) is 5. The molecule has 22 heavy (non-hydrogen) atoms. The van der Waals surface area contributed by atoms with Gasteiger partial charge in [-0.1, -0.05) is 6.08 Å². The Kier molecular flexibility index (Phi) is 3.35. The van der Waals surface area contributed by atoms with Gasteiger partial charge >= 0.3 is 0 Å². The lowest BCUT2D eigenvalue weighted by Gasteiger charge is -2.41. The van der Waals surface area contributed by atoms with Gasteiger partial charge in [-0.05, 0) is 56.5 Å². The third-order valence-corrected chi connectivity index (χ3v) is 4.34. The maximum absolute atomic E-state index is 4.35. The van der Waals surface area contributed by atoms with Crippen LogP contribution < -0.4 is 4.90 Å². The highest BCUT2D eigenvalue weighted by Gasteiger charge is 2.28. The van der Waals surface area contributed by atoms with Gasteiger partial charge in [0, 0.05) is 18.3 Å². The number of hydrogen-bond donors (Lipinski definition) is 0. The maximum atomic E-state index is 4.35. The van der Waals surface area contributed by atoms with Crippen LogP contribution in [-0.2, 0) is 0 Å². The van der Waals surface area contributed by atoms with Crippen LogP contribution >= 0.6 is 0 Å². The number of likely N-dealkylation sites (N-methyl/N-ethyl adjacent to an activating group) is 1. The number of benzene rings is 1. The zero-order chi connectivity index (χ0) is 15.9. The van der Waals surface area contributed by atoms with Crippen LogP contribution in [0, 0.1) is 6.92 Å². The molecule has 1 aliphatic heterocycles. The standard InChI is InChI=1S/C17H21N5/c1-12-6-16-15(13(2)8-17(3,4)21(16)5)7-14(12)9-20-22-10-18-19-11-22/h6-11H,1-5H3/b20-9-. The summed E-state index contributed by atoms with van der Waals surface area (Å²) in [5.74, 6) is 0. The lowest BCUT2D eigenvalue weighted by Crippen LogP contribution is -2.42. The van der Waals surface area contributed by atoms with E-state index in [9.17, 15) is 0 Å². The van der Waals surface area contributed by atoms with Crippen molar-refractivity contribution in [2.24, 2.45) is 5.10 Å². The third kappa shape index (κ3) is 2.43. The topological polar surface area (TPSA) is 46.3 Å². The zero-order valence-corrected chi connectivity index (χ0v) is 13.7. The second kappa shape index (κ2) is 5.09. The molecule has 0 amide bonds. The molecule has 0 saturated heterocycles. The number of hydrogen-bond acceptors (Lipinski definition) is 4. The van der Waals surface area contributed by atoms with Crippen LogP contribution in [0.5, 0.6) is 0 Å². The van der Waals surface area contributed by atoms with Crippen LogP contribution in [0.1, 0.15) is 37.5 Å². The molecule has 5 nitrogen and oxygen atoms in total. The van der Waals surface area contributed by atoms with Crippen molar-refractivity contribution >= 4 is 17.5 Å². The van der Waals surface area contributed by atoms with Crippen LogP contribution in [0.3, 0.4) is 0 Å². The highest BCUT2D eigenvalue weighted by atomic mass is 15.4. The molecular weight excluding hydrogens is 274 g/mol. The average molecular weight is 295 g/mol. The minimum Gasteiger partial charge on any atom is -0.365 e. The van der Waals surface area contributed by atoms with Crippen LogP contribution in [0.2, 0.25) is 0 Å². The van der Waals surface area contributed by atoms with Crippen molar-refractivity contribution in [1.82, 2.24) is 14.9 Å². The average Bonchev–Trinajstić information content (AvgIpc) is 2.96. The summed E-state index contributed by atoms with van der Waals surface area (Å²) in [5, 5.41) is 11.8. The highest BCUT2D eigenvalue weighted by Crippen LogP contribution is 2.38. The van der Waals surface area contributed by atoms with Gasteiger partial charge in [-0.25, -0.2) is 4.68 Å². The number of rotatable bonds is 2. The van der Waals surface area contributed by atoms with Gasteiger partial charge in [-0.15, -0.1) is 10.2 Å². The molecule has 114 valence electrons. The van der Waals surface area contributed by atoms with Gasteiger partial charge in [0.25, 0.3) is 0 Å². The van der Waals surface area contributed by atoms with E-state index in [1.54, 1.807) is 17.3 Å². The van der Waals surface area contributed by atoms with E-state index < -0.39 is 0 Å². The van der Waals surface area contributed by atoms with E-state index in [0.717, 1.165) is 5.56 Å². The summed E-state index contributed by atoms with van der Waals surface area (Å²) in [6, 6.07) is 4.44. The first-order valence-corrected chi connectivity index (χ1v) is 7.36. The molecule has 0 spiro atoms. The van der Waals surface area contributed by atoms with E-state index >= 15 is 0 Å². The van der Waals surface area contributed by atoms with Gasteiger partial charge in [0.05, 0.1) is 11.8 Å². The quantitative estimate of drug-likeness (QED) is 0.800. The Morgan fingerprint density at radius 2 is 1.82 bits per heavy atom. The van der Waals surface area contributed by atoms with Crippen LogP contribution in [0.15, 0.2) is 36.0 Å². The molecule has 1 aromatic carbocycles. The Balaban J connectivity index is 2.05. The summed E-state index contributed by atoms with van der Waals surface area (Å²) in [4.78, 5) is 2.32. The van der Waals surface area contributed by atoms with Gasteiger partial charge in [-0.3, -0.25) is 0 Å². The van der Waals surface area contributed by atoms with Crippen molar-refractivity contribution in [2.75, 3.05) is 11.9 Å². The molecule has 5 heteroatoms. The molecule has 0 saturated carbocycles. The zero-order valence-electron chi connectivity index (χ0n) is 13.7. The predicted molar refractivity (Wildman–Crippen MR) is 90.3 cm³/mol. The lowest BCUT2D eigenvalue weighted by molar-refractivity contribution is 0.597. The van der Waals surface area contributed by atoms with E-state index in [1.165, 1.54) is 22.4 Å². The summed E-state index contributed by atoms with van der Waals surface area (Å²) in [6.07, 6.45) is 7.31. The highest BCUT2D eigenvalue weighted by molar-refractivity contribution is 5.89. The van der Waals surface area contributed by atoms with Gasteiger partial charge in [-0.2, -0.15) is 5.10 Å². The van der Waals surface area contributed by atoms with Crippen LogP contribution in [0.4, 0.5) is 5.69 Å². The molecule has 3 rings (SSSR count). The SMILES string of the molecule is CC1=CC(C)(C)N(C)c2cc(C)c(/C=N\n3cnnc3)cc21. The molecule has 0 unspecified atom stereocenters. The van der Waals surface area contributed by atoms with Crippen LogP contribution in [-0.4, -0.2) is 33.7 Å². The normalized spacial score (nSPS) is 16.8. The monoisotopic (exact) mass is 295 g/mol. The van der Waals surface area contributed by atoms with Crippen molar-refractivity contribution in [3.05, 3.63) is 47.6 Å². The van der Waals surface area contributed by atoms with E-state index in [0.29, 0.717) is 0 Å². The Hall–Kier alpha value is -2.43. The van der Waals surface area contributed by atoms with E-state index in [4.69, 9.17) is 0 Å². The van der Waals surface area contributed by atoms with E-state index in [-0.39, 0.29) is 5.54 Å². The molecule has 2 heterocycles. The minimum absolute atomic E-state index is 0.0294. The number of allylic oxidation sites excluding steroid dienone is 1. The molecule has 0 bridgehead atoms. The summed E-state index contributed by atoms with van der Waals surface area (Å²) < 4.78 is 1.59. The van der Waals surface area contributed by atoms with Crippen molar-refractivity contribution in [3.63, 3.8) is 0 Å². The molecule has 2 aromatic rings. The molecule has 1 aromatic heterocycles. The molecular formula is C17H21N5. The number of anilines is 1.